The molecule has 18 heavy (non-hydrogen) atoms. The van der Waals surface area contributed by atoms with E-state index < -0.39 is 0 Å². The lowest BCUT2D eigenvalue weighted by Crippen LogP contribution is -2.01. The Hall–Kier alpha value is -1.49. The topological polar surface area (TPSA) is 23.8 Å². The van der Waals surface area contributed by atoms with Crippen LogP contribution in [-0.4, -0.2) is 0 Å². The Labute approximate surface area is 117 Å². The molecule has 0 aliphatic heterocycles. The lowest BCUT2D eigenvalue weighted by atomic mass is 9.93. The van der Waals surface area contributed by atoms with E-state index in [0.717, 1.165) is 11.1 Å². The molecule has 0 fully saturated rings. The van der Waals surface area contributed by atoms with Crippen LogP contribution in [0.15, 0.2) is 48.5 Å². The molecule has 0 saturated carbocycles. The molecular formula is C15H11Cl2N. The summed E-state index contributed by atoms with van der Waals surface area (Å²) in [4.78, 5) is 0. The average Bonchev–Trinajstić information content (AvgIpc) is 2.39. The predicted molar refractivity (Wildman–Crippen MR) is 75.0 cm³/mol. The number of rotatable bonds is 3. The summed E-state index contributed by atoms with van der Waals surface area (Å²) in [6, 6.07) is 17.3. The Morgan fingerprint density at radius 2 is 1.67 bits per heavy atom. The van der Waals surface area contributed by atoms with E-state index >= 15 is 0 Å². The summed E-state index contributed by atoms with van der Waals surface area (Å²) in [6.07, 6.45) is 0.636. The van der Waals surface area contributed by atoms with Gasteiger partial charge in [0.15, 0.2) is 0 Å². The van der Waals surface area contributed by atoms with Gasteiger partial charge in [0.2, 0.25) is 0 Å². The van der Waals surface area contributed by atoms with Crippen molar-refractivity contribution in [2.45, 2.75) is 12.3 Å². The van der Waals surface area contributed by atoms with Crippen molar-refractivity contribution in [3.63, 3.8) is 0 Å². The molecule has 0 aromatic heterocycles. The van der Waals surface area contributed by atoms with Gasteiger partial charge in [-0.2, -0.15) is 5.26 Å². The molecule has 1 nitrogen and oxygen atoms in total. The maximum Gasteiger partial charge on any atom is 0.0767 e. The van der Waals surface area contributed by atoms with Gasteiger partial charge in [0.05, 0.1) is 12.0 Å². The lowest BCUT2D eigenvalue weighted by Gasteiger charge is -2.11. The first-order valence-corrected chi connectivity index (χ1v) is 6.35. The minimum absolute atomic E-state index is 0.236. The lowest BCUT2D eigenvalue weighted by molar-refractivity contribution is 0.849. The molecule has 0 amide bonds. The third kappa shape index (κ3) is 3.04. The van der Waals surface area contributed by atoms with Gasteiger partial charge in [-0.25, -0.2) is 0 Å². The van der Waals surface area contributed by atoms with E-state index in [9.17, 15) is 5.26 Å². The first kappa shape index (κ1) is 13.0. The average molecular weight is 276 g/mol. The number of hydrogen-bond donors (Lipinski definition) is 0. The molecule has 0 N–H and O–H groups in total. The van der Waals surface area contributed by atoms with Crippen LogP contribution in [0.25, 0.3) is 0 Å². The zero-order valence-electron chi connectivity index (χ0n) is 9.61. The zero-order valence-corrected chi connectivity index (χ0v) is 11.1. The largest absolute Gasteiger partial charge is 0.198 e. The van der Waals surface area contributed by atoms with Crippen LogP contribution in [0.5, 0.6) is 0 Å². The number of hydrogen-bond acceptors (Lipinski definition) is 1. The van der Waals surface area contributed by atoms with Crippen molar-refractivity contribution >= 4 is 23.2 Å². The van der Waals surface area contributed by atoms with Crippen LogP contribution >= 0.6 is 23.2 Å². The Morgan fingerprint density at radius 1 is 1.00 bits per heavy atom. The molecule has 0 saturated heterocycles. The second-order valence-electron chi connectivity index (χ2n) is 4.03. The molecule has 0 bridgehead atoms. The molecule has 0 aliphatic carbocycles. The standard InChI is InChI=1S/C15H11Cl2N/c16-13-7-5-11(6-8-13)9-12(10-18)14-3-1-2-4-15(14)17/h1-8,12H,9H2/t12-/m1/s1. The maximum absolute atomic E-state index is 9.29. The summed E-state index contributed by atoms with van der Waals surface area (Å²) in [5, 5.41) is 10.6. The van der Waals surface area contributed by atoms with Crippen molar-refractivity contribution in [3.05, 3.63) is 69.7 Å². The minimum Gasteiger partial charge on any atom is -0.198 e. The Kier molecular flexibility index (Phi) is 4.25. The Bertz CT molecular complexity index is 570. The van der Waals surface area contributed by atoms with Crippen LogP contribution in [0.1, 0.15) is 17.0 Å². The van der Waals surface area contributed by atoms with E-state index in [0.29, 0.717) is 16.5 Å². The van der Waals surface area contributed by atoms with E-state index in [1.165, 1.54) is 0 Å². The van der Waals surface area contributed by atoms with E-state index in [-0.39, 0.29) is 5.92 Å². The molecule has 2 aromatic rings. The van der Waals surface area contributed by atoms with Crippen molar-refractivity contribution in [1.82, 2.24) is 0 Å². The molecule has 90 valence electrons. The maximum atomic E-state index is 9.29. The molecule has 0 aliphatic rings. The fourth-order valence-electron chi connectivity index (χ4n) is 1.84. The normalized spacial score (nSPS) is 11.8. The van der Waals surface area contributed by atoms with Crippen LogP contribution in [-0.2, 0) is 6.42 Å². The quantitative estimate of drug-likeness (QED) is 0.786. The van der Waals surface area contributed by atoms with Gasteiger partial charge >= 0.3 is 0 Å². The molecule has 1 atom stereocenters. The summed E-state index contributed by atoms with van der Waals surface area (Å²) >= 11 is 12.0. The van der Waals surface area contributed by atoms with Crippen LogP contribution in [0.2, 0.25) is 10.0 Å². The smallest absolute Gasteiger partial charge is 0.0767 e. The summed E-state index contributed by atoms with van der Waals surface area (Å²) in [5.74, 6) is -0.236. The van der Waals surface area contributed by atoms with Gasteiger partial charge in [-0.15, -0.1) is 0 Å². The van der Waals surface area contributed by atoms with Gasteiger partial charge in [0, 0.05) is 10.0 Å². The molecule has 0 spiro atoms. The van der Waals surface area contributed by atoms with Crippen molar-refractivity contribution < 1.29 is 0 Å². The van der Waals surface area contributed by atoms with Crippen LogP contribution in [0.4, 0.5) is 0 Å². The van der Waals surface area contributed by atoms with Gasteiger partial charge < -0.3 is 0 Å². The third-order valence-electron chi connectivity index (χ3n) is 2.79. The number of benzene rings is 2. The Morgan fingerprint density at radius 3 is 2.28 bits per heavy atom. The van der Waals surface area contributed by atoms with E-state index in [4.69, 9.17) is 23.2 Å². The molecule has 0 unspecified atom stereocenters. The van der Waals surface area contributed by atoms with Gasteiger partial charge in [0.25, 0.3) is 0 Å². The number of halogens is 2. The van der Waals surface area contributed by atoms with Gasteiger partial charge in [0.1, 0.15) is 0 Å². The second-order valence-corrected chi connectivity index (χ2v) is 4.88. The summed E-state index contributed by atoms with van der Waals surface area (Å²) in [7, 11) is 0. The van der Waals surface area contributed by atoms with Gasteiger partial charge in [-0.05, 0) is 35.7 Å². The SMILES string of the molecule is N#C[C@@H](Cc1ccc(Cl)cc1)c1ccccc1Cl. The highest BCUT2D eigenvalue weighted by Gasteiger charge is 2.14. The molecule has 2 rings (SSSR count). The van der Waals surface area contributed by atoms with Gasteiger partial charge in [-0.3, -0.25) is 0 Å². The number of nitriles is 1. The van der Waals surface area contributed by atoms with Crippen molar-refractivity contribution in [1.29, 1.82) is 5.26 Å². The highest BCUT2D eigenvalue weighted by atomic mass is 35.5. The summed E-state index contributed by atoms with van der Waals surface area (Å²) < 4.78 is 0. The van der Waals surface area contributed by atoms with E-state index in [1.807, 2.05) is 48.5 Å². The number of nitrogens with zero attached hydrogens (tertiary/aromatic N) is 1. The van der Waals surface area contributed by atoms with Crippen molar-refractivity contribution in [3.8, 4) is 6.07 Å². The molecular weight excluding hydrogens is 265 g/mol. The summed E-state index contributed by atoms with van der Waals surface area (Å²) in [6.45, 7) is 0. The first-order valence-electron chi connectivity index (χ1n) is 5.59. The molecule has 3 heteroatoms. The zero-order chi connectivity index (χ0) is 13.0. The van der Waals surface area contributed by atoms with Crippen LogP contribution < -0.4 is 0 Å². The van der Waals surface area contributed by atoms with Crippen LogP contribution in [0, 0.1) is 11.3 Å². The second kappa shape index (κ2) is 5.91. The molecule has 0 radical (unpaired) electrons. The highest BCUT2D eigenvalue weighted by molar-refractivity contribution is 6.31. The monoisotopic (exact) mass is 275 g/mol. The molecule has 2 aromatic carbocycles. The third-order valence-corrected chi connectivity index (χ3v) is 3.39. The van der Waals surface area contributed by atoms with E-state index in [2.05, 4.69) is 6.07 Å². The van der Waals surface area contributed by atoms with Crippen molar-refractivity contribution in [2.75, 3.05) is 0 Å². The fraction of sp³-hybridized carbons (Fsp3) is 0.133. The van der Waals surface area contributed by atoms with Crippen LogP contribution in [0.3, 0.4) is 0 Å². The predicted octanol–water partition coefficient (Wildman–Crippen LogP) is 4.84. The molecule has 0 heterocycles. The first-order chi connectivity index (χ1) is 8.70. The fourth-order valence-corrected chi connectivity index (χ4v) is 2.23. The Balaban J connectivity index is 2.23. The van der Waals surface area contributed by atoms with Crippen molar-refractivity contribution in [2.24, 2.45) is 0 Å². The summed E-state index contributed by atoms with van der Waals surface area (Å²) in [5.41, 5.74) is 1.95. The van der Waals surface area contributed by atoms with E-state index in [1.54, 1.807) is 0 Å². The highest BCUT2D eigenvalue weighted by Crippen LogP contribution is 2.27. The van der Waals surface area contributed by atoms with Gasteiger partial charge in [-0.1, -0.05) is 53.5 Å². The minimum atomic E-state index is -0.236.